The van der Waals surface area contributed by atoms with Crippen LogP contribution in [0, 0.1) is 29.1 Å². The molecule has 0 amide bonds. The number of nitrogens with zero attached hydrogens (tertiary/aromatic N) is 1. The lowest BCUT2D eigenvalue weighted by atomic mass is 9.85. The van der Waals surface area contributed by atoms with Crippen molar-refractivity contribution in [1.82, 2.24) is 0 Å². The molecule has 0 bridgehead atoms. The van der Waals surface area contributed by atoms with Crippen molar-refractivity contribution in [3.8, 4) is 6.07 Å². The fourth-order valence-electron chi connectivity index (χ4n) is 2.25. The lowest BCUT2D eigenvalue weighted by Gasteiger charge is -2.26. The standard InChI is InChI=1S/C15H23N3/c1-10(2)13(11(3)4)9-18-15-7-12(8-16)5-6-14(15)17/h5-7,10-11,13,18H,9,17H2,1-4H3. The molecular formula is C15H23N3. The molecule has 0 heterocycles. The van der Waals surface area contributed by atoms with E-state index in [0.29, 0.717) is 29.0 Å². The molecule has 18 heavy (non-hydrogen) atoms. The largest absolute Gasteiger partial charge is 0.397 e. The molecule has 1 aromatic rings. The van der Waals surface area contributed by atoms with Gasteiger partial charge in [0.1, 0.15) is 0 Å². The highest BCUT2D eigenvalue weighted by Crippen LogP contribution is 2.24. The number of rotatable bonds is 5. The molecule has 0 aliphatic rings. The quantitative estimate of drug-likeness (QED) is 0.781. The second-order valence-corrected chi connectivity index (χ2v) is 5.45. The number of hydrogen-bond donors (Lipinski definition) is 2. The Balaban J connectivity index is 2.76. The lowest BCUT2D eigenvalue weighted by Crippen LogP contribution is -2.24. The van der Waals surface area contributed by atoms with Gasteiger partial charge in [0.2, 0.25) is 0 Å². The number of nitriles is 1. The molecule has 3 heteroatoms. The molecule has 1 rings (SSSR count). The van der Waals surface area contributed by atoms with E-state index < -0.39 is 0 Å². The van der Waals surface area contributed by atoms with E-state index in [1.54, 1.807) is 12.1 Å². The molecule has 0 radical (unpaired) electrons. The first-order chi connectivity index (χ1) is 8.45. The van der Waals surface area contributed by atoms with Gasteiger partial charge in [-0.2, -0.15) is 5.26 Å². The van der Waals surface area contributed by atoms with E-state index in [1.165, 1.54) is 0 Å². The Morgan fingerprint density at radius 2 is 1.83 bits per heavy atom. The van der Waals surface area contributed by atoms with Crippen LogP contribution in [0.4, 0.5) is 11.4 Å². The Labute approximate surface area is 110 Å². The number of anilines is 2. The number of nitrogens with one attached hydrogen (secondary N) is 1. The molecule has 0 fully saturated rings. The van der Waals surface area contributed by atoms with Gasteiger partial charge < -0.3 is 11.1 Å². The third kappa shape index (κ3) is 3.66. The van der Waals surface area contributed by atoms with E-state index in [2.05, 4.69) is 39.1 Å². The van der Waals surface area contributed by atoms with Crippen molar-refractivity contribution in [2.45, 2.75) is 27.7 Å². The van der Waals surface area contributed by atoms with Crippen LogP contribution in [0.15, 0.2) is 18.2 Å². The summed E-state index contributed by atoms with van der Waals surface area (Å²) in [5.74, 6) is 1.84. The molecule has 3 nitrogen and oxygen atoms in total. The summed E-state index contributed by atoms with van der Waals surface area (Å²) < 4.78 is 0. The number of hydrogen-bond acceptors (Lipinski definition) is 3. The number of nitrogen functional groups attached to an aromatic ring is 1. The number of nitrogens with two attached hydrogens (primary N) is 1. The van der Waals surface area contributed by atoms with Crippen molar-refractivity contribution in [1.29, 1.82) is 5.26 Å². The van der Waals surface area contributed by atoms with Crippen molar-refractivity contribution in [2.75, 3.05) is 17.6 Å². The minimum atomic E-state index is 0.593. The molecule has 0 aliphatic heterocycles. The Morgan fingerprint density at radius 1 is 1.22 bits per heavy atom. The van der Waals surface area contributed by atoms with E-state index in [4.69, 9.17) is 11.0 Å². The van der Waals surface area contributed by atoms with Gasteiger partial charge in [0, 0.05) is 6.54 Å². The van der Waals surface area contributed by atoms with Crippen LogP contribution in [0.25, 0.3) is 0 Å². The smallest absolute Gasteiger partial charge is 0.0992 e. The van der Waals surface area contributed by atoms with Crippen LogP contribution in [-0.2, 0) is 0 Å². The zero-order valence-corrected chi connectivity index (χ0v) is 11.7. The minimum absolute atomic E-state index is 0.593. The summed E-state index contributed by atoms with van der Waals surface area (Å²) in [6.45, 7) is 9.83. The van der Waals surface area contributed by atoms with E-state index >= 15 is 0 Å². The molecule has 98 valence electrons. The molecule has 1 aromatic carbocycles. The summed E-state index contributed by atoms with van der Waals surface area (Å²) in [7, 11) is 0. The fraction of sp³-hybridized carbons (Fsp3) is 0.533. The summed E-state index contributed by atoms with van der Waals surface area (Å²) in [4.78, 5) is 0. The molecule has 0 aromatic heterocycles. The minimum Gasteiger partial charge on any atom is -0.397 e. The number of benzene rings is 1. The summed E-state index contributed by atoms with van der Waals surface area (Å²) in [6.07, 6.45) is 0. The maximum Gasteiger partial charge on any atom is 0.0992 e. The predicted molar refractivity (Wildman–Crippen MR) is 77.2 cm³/mol. The fourth-order valence-corrected chi connectivity index (χ4v) is 2.25. The van der Waals surface area contributed by atoms with Crippen LogP contribution in [-0.4, -0.2) is 6.54 Å². The molecule has 0 spiro atoms. The summed E-state index contributed by atoms with van der Waals surface area (Å²) in [5, 5.41) is 12.3. The third-order valence-electron chi connectivity index (χ3n) is 3.42. The first kappa shape index (κ1) is 14.4. The highest BCUT2D eigenvalue weighted by molar-refractivity contribution is 5.68. The zero-order valence-electron chi connectivity index (χ0n) is 11.7. The first-order valence-electron chi connectivity index (χ1n) is 6.49. The van der Waals surface area contributed by atoms with Crippen LogP contribution in [0.5, 0.6) is 0 Å². The monoisotopic (exact) mass is 245 g/mol. The normalized spacial score (nSPS) is 11.0. The van der Waals surface area contributed by atoms with E-state index in [-0.39, 0.29) is 0 Å². The SMILES string of the molecule is CC(C)C(CNc1cc(C#N)ccc1N)C(C)C. The second-order valence-electron chi connectivity index (χ2n) is 5.45. The van der Waals surface area contributed by atoms with Crippen molar-refractivity contribution in [3.05, 3.63) is 23.8 Å². The molecule has 0 aliphatic carbocycles. The second kappa shape index (κ2) is 6.30. The van der Waals surface area contributed by atoms with Crippen LogP contribution in [0.2, 0.25) is 0 Å². The van der Waals surface area contributed by atoms with Gasteiger partial charge in [-0.3, -0.25) is 0 Å². The molecule has 0 saturated carbocycles. The highest BCUT2D eigenvalue weighted by Gasteiger charge is 2.17. The van der Waals surface area contributed by atoms with Gasteiger partial charge >= 0.3 is 0 Å². The Kier molecular flexibility index (Phi) is 5.03. The van der Waals surface area contributed by atoms with Crippen LogP contribution >= 0.6 is 0 Å². The van der Waals surface area contributed by atoms with Gasteiger partial charge in [-0.25, -0.2) is 0 Å². The van der Waals surface area contributed by atoms with Gasteiger partial charge in [-0.1, -0.05) is 27.7 Å². The van der Waals surface area contributed by atoms with E-state index in [0.717, 1.165) is 12.2 Å². The summed E-state index contributed by atoms with van der Waals surface area (Å²) in [5.41, 5.74) is 8.10. The van der Waals surface area contributed by atoms with Crippen molar-refractivity contribution < 1.29 is 0 Å². The Bertz CT molecular complexity index is 422. The zero-order chi connectivity index (χ0) is 13.7. The van der Waals surface area contributed by atoms with E-state index in [1.807, 2.05) is 6.07 Å². The Hall–Kier alpha value is -1.69. The predicted octanol–water partition coefficient (Wildman–Crippen LogP) is 3.48. The van der Waals surface area contributed by atoms with Gasteiger partial charge in [0.25, 0.3) is 0 Å². The summed E-state index contributed by atoms with van der Waals surface area (Å²) >= 11 is 0. The van der Waals surface area contributed by atoms with Crippen molar-refractivity contribution in [3.63, 3.8) is 0 Å². The van der Waals surface area contributed by atoms with Crippen LogP contribution < -0.4 is 11.1 Å². The molecule has 0 saturated heterocycles. The van der Waals surface area contributed by atoms with Gasteiger partial charge in [-0.15, -0.1) is 0 Å². The van der Waals surface area contributed by atoms with Crippen LogP contribution in [0.1, 0.15) is 33.3 Å². The maximum atomic E-state index is 8.89. The van der Waals surface area contributed by atoms with Gasteiger partial charge in [0.15, 0.2) is 0 Å². The van der Waals surface area contributed by atoms with Gasteiger partial charge in [-0.05, 0) is 36.0 Å². The maximum absolute atomic E-state index is 8.89. The lowest BCUT2D eigenvalue weighted by molar-refractivity contribution is 0.304. The van der Waals surface area contributed by atoms with Crippen LogP contribution in [0.3, 0.4) is 0 Å². The third-order valence-corrected chi connectivity index (χ3v) is 3.42. The summed E-state index contributed by atoms with van der Waals surface area (Å²) in [6, 6.07) is 7.46. The average Bonchev–Trinajstić information content (AvgIpc) is 2.30. The topological polar surface area (TPSA) is 61.8 Å². The first-order valence-corrected chi connectivity index (χ1v) is 6.49. The molecule has 3 N–H and O–H groups in total. The van der Waals surface area contributed by atoms with Gasteiger partial charge in [0.05, 0.1) is 23.0 Å². The average molecular weight is 245 g/mol. The van der Waals surface area contributed by atoms with Crippen molar-refractivity contribution >= 4 is 11.4 Å². The highest BCUT2D eigenvalue weighted by atomic mass is 14.9. The van der Waals surface area contributed by atoms with E-state index in [9.17, 15) is 0 Å². The molecular weight excluding hydrogens is 222 g/mol. The van der Waals surface area contributed by atoms with Crippen molar-refractivity contribution in [2.24, 2.45) is 17.8 Å². The Morgan fingerprint density at radius 3 is 2.33 bits per heavy atom. The molecule has 0 atom stereocenters. The molecule has 0 unspecified atom stereocenters.